The number of nitrogens with zero attached hydrogens (tertiary/aromatic N) is 1. The van der Waals surface area contributed by atoms with Crippen LogP contribution >= 0.6 is 0 Å². The standard InChI is InChI=1S/C17H29NO4/c1-16(2,3)22-15(21)18-10-4-5-13(12-18)6-7-17(8-9-17)11-14(19)20/h13H,4-12H2,1-3H3,(H,19,20). The van der Waals surface area contributed by atoms with Gasteiger partial charge in [-0.25, -0.2) is 4.79 Å². The van der Waals surface area contributed by atoms with Crippen molar-refractivity contribution in [2.75, 3.05) is 13.1 Å². The molecular formula is C17H29NO4. The monoisotopic (exact) mass is 311 g/mol. The van der Waals surface area contributed by atoms with Crippen LogP contribution in [0.15, 0.2) is 0 Å². The van der Waals surface area contributed by atoms with Crippen molar-refractivity contribution >= 4 is 12.1 Å². The molecule has 0 radical (unpaired) electrons. The number of carboxylic acids is 1. The largest absolute Gasteiger partial charge is 0.481 e. The summed E-state index contributed by atoms with van der Waals surface area (Å²) >= 11 is 0. The molecule has 5 heteroatoms. The van der Waals surface area contributed by atoms with Gasteiger partial charge in [-0.1, -0.05) is 0 Å². The molecule has 1 atom stereocenters. The molecule has 126 valence electrons. The number of hydrogen-bond donors (Lipinski definition) is 1. The first kappa shape index (κ1) is 17.1. The van der Waals surface area contributed by atoms with Crippen molar-refractivity contribution in [2.45, 2.75) is 71.3 Å². The Morgan fingerprint density at radius 3 is 2.55 bits per heavy atom. The van der Waals surface area contributed by atoms with Gasteiger partial charge in [0.15, 0.2) is 0 Å². The van der Waals surface area contributed by atoms with Crippen molar-refractivity contribution in [3.8, 4) is 0 Å². The fraction of sp³-hybridized carbons (Fsp3) is 0.882. The Bertz CT molecular complexity index is 423. The van der Waals surface area contributed by atoms with Gasteiger partial charge >= 0.3 is 12.1 Å². The minimum Gasteiger partial charge on any atom is -0.481 e. The third-order valence-corrected chi connectivity index (χ3v) is 4.74. The summed E-state index contributed by atoms with van der Waals surface area (Å²) in [5, 5.41) is 8.98. The van der Waals surface area contributed by atoms with Gasteiger partial charge in [0.25, 0.3) is 0 Å². The van der Waals surface area contributed by atoms with Crippen LogP contribution in [-0.4, -0.2) is 40.8 Å². The number of amides is 1. The number of carbonyl (C=O) groups excluding carboxylic acids is 1. The van der Waals surface area contributed by atoms with E-state index in [4.69, 9.17) is 9.84 Å². The number of piperidine rings is 1. The third-order valence-electron chi connectivity index (χ3n) is 4.74. The molecule has 0 bridgehead atoms. The molecule has 1 saturated carbocycles. The quantitative estimate of drug-likeness (QED) is 0.841. The summed E-state index contributed by atoms with van der Waals surface area (Å²) in [6.45, 7) is 7.17. The predicted octanol–water partition coefficient (Wildman–Crippen LogP) is 3.67. The third kappa shape index (κ3) is 5.18. The molecule has 22 heavy (non-hydrogen) atoms. The molecule has 2 aliphatic rings. The summed E-state index contributed by atoms with van der Waals surface area (Å²) < 4.78 is 5.45. The van der Waals surface area contributed by atoms with Crippen molar-refractivity contribution in [1.29, 1.82) is 0 Å². The van der Waals surface area contributed by atoms with E-state index < -0.39 is 11.6 Å². The van der Waals surface area contributed by atoms with Crippen LogP contribution < -0.4 is 0 Å². The molecule has 1 amide bonds. The normalized spacial score (nSPS) is 24.0. The second-order valence-corrected chi connectivity index (χ2v) is 8.04. The summed E-state index contributed by atoms with van der Waals surface area (Å²) in [6.07, 6.45) is 6.31. The van der Waals surface area contributed by atoms with Crippen LogP contribution in [0.25, 0.3) is 0 Å². The second-order valence-electron chi connectivity index (χ2n) is 8.04. The first-order valence-corrected chi connectivity index (χ1v) is 8.39. The van der Waals surface area contributed by atoms with E-state index in [1.165, 1.54) is 0 Å². The van der Waals surface area contributed by atoms with Gasteiger partial charge in [0, 0.05) is 13.1 Å². The van der Waals surface area contributed by atoms with E-state index in [1.54, 1.807) is 0 Å². The Morgan fingerprint density at radius 2 is 2.00 bits per heavy atom. The lowest BCUT2D eigenvalue weighted by Crippen LogP contribution is -2.43. The molecule has 1 unspecified atom stereocenters. The Labute approximate surface area is 133 Å². The molecule has 1 aliphatic carbocycles. The average Bonchev–Trinajstić information content (AvgIpc) is 3.14. The van der Waals surface area contributed by atoms with E-state index in [0.717, 1.165) is 51.6 Å². The fourth-order valence-electron chi connectivity index (χ4n) is 3.32. The lowest BCUT2D eigenvalue weighted by Gasteiger charge is -2.34. The number of aliphatic carboxylic acids is 1. The van der Waals surface area contributed by atoms with E-state index in [9.17, 15) is 9.59 Å². The summed E-state index contributed by atoms with van der Waals surface area (Å²) in [7, 11) is 0. The topological polar surface area (TPSA) is 66.8 Å². The van der Waals surface area contributed by atoms with Crippen molar-refractivity contribution in [1.82, 2.24) is 4.90 Å². The lowest BCUT2D eigenvalue weighted by atomic mass is 9.87. The van der Waals surface area contributed by atoms with Gasteiger partial charge in [-0.05, 0) is 70.6 Å². The van der Waals surface area contributed by atoms with Crippen molar-refractivity contribution < 1.29 is 19.4 Å². The highest BCUT2D eigenvalue weighted by Crippen LogP contribution is 2.53. The van der Waals surface area contributed by atoms with Crippen LogP contribution in [0.1, 0.15) is 65.7 Å². The van der Waals surface area contributed by atoms with Gasteiger partial charge in [0.1, 0.15) is 5.60 Å². The molecule has 0 spiro atoms. The van der Waals surface area contributed by atoms with E-state index in [-0.39, 0.29) is 11.5 Å². The summed E-state index contributed by atoms with van der Waals surface area (Å²) in [4.78, 5) is 24.9. The van der Waals surface area contributed by atoms with Crippen LogP contribution in [0.2, 0.25) is 0 Å². The van der Waals surface area contributed by atoms with Gasteiger partial charge < -0.3 is 14.7 Å². The Morgan fingerprint density at radius 1 is 1.32 bits per heavy atom. The number of carboxylic acid groups (broad SMARTS) is 1. The first-order valence-electron chi connectivity index (χ1n) is 8.39. The zero-order valence-corrected chi connectivity index (χ0v) is 14.1. The van der Waals surface area contributed by atoms with Crippen molar-refractivity contribution in [3.05, 3.63) is 0 Å². The molecule has 1 aliphatic heterocycles. The molecule has 1 heterocycles. The molecule has 1 saturated heterocycles. The highest BCUT2D eigenvalue weighted by Gasteiger charge is 2.44. The molecular weight excluding hydrogens is 282 g/mol. The minimum atomic E-state index is -0.684. The highest BCUT2D eigenvalue weighted by molar-refractivity contribution is 5.68. The maximum absolute atomic E-state index is 12.1. The van der Waals surface area contributed by atoms with Crippen LogP contribution in [-0.2, 0) is 9.53 Å². The number of hydrogen-bond acceptors (Lipinski definition) is 3. The van der Waals surface area contributed by atoms with Gasteiger partial charge in [-0.15, -0.1) is 0 Å². The lowest BCUT2D eigenvalue weighted by molar-refractivity contribution is -0.138. The highest BCUT2D eigenvalue weighted by atomic mass is 16.6. The van der Waals surface area contributed by atoms with Crippen LogP contribution in [0.3, 0.4) is 0 Å². The van der Waals surface area contributed by atoms with Crippen molar-refractivity contribution in [3.63, 3.8) is 0 Å². The maximum Gasteiger partial charge on any atom is 0.410 e. The molecule has 0 aromatic heterocycles. The van der Waals surface area contributed by atoms with E-state index in [0.29, 0.717) is 12.3 Å². The minimum absolute atomic E-state index is 0.0556. The van der Waals surface area contributed by atoms with E-state index in [2.05, 4.69) is 0 Å². The van der Waals surface area contributed by atoms with E-state index >= 15 is 0 Å². The van der Waals surface area contributed by atoms with Crippen LogP contribution in [0.5, 0.6) is 0 Å². The zero-order chi connectivity index (χ0) is 16.4. The number of rotatable bonds is 5. The van der Waals surface area contributed by atoms with Gasteiger partial charge in [-0.3, -0.25) is 4.79 Å². The smallest absolute Gasteiger partial charge is 0.410 e. The van der Waals surface area contributed by atoms with Crippen LogP contribution in [0, 0.1) is 11.3 Å². The number of likely N-dealkylation sites (tertiary alicyclic amines) is 1. The van der Waals surface area contributed by atoms with Crippen molar-refractivity contribution in [2.24, 2.45) is 11.3 Å². The van der Waals surface area contributed by atoms with E-state index in [1.807, 2.05) is 25.7 Å². The van der Waals surface area contributed by atoms with Gasteiger partial charge in [0.05, 0.1) is 6.42 Å². The molecule has 0 aromatic rings. The summed E-state index contributed by atoms with van der Waals surface area (Å²) in [6, 6.07) is 0. The molecule has 2 rings (SSSR count). The Kier molecular flexibility index (Phi) is 5.03. The Balaban J connectivity index is 1.79. The zero-order valence-electron chi connectivity index (χ0n) is 14.1. The maximum atomic E-state index is 12.1. The molecule has 1 N–H and O–H groups in total. The summed E-state index contributed by atoms with van der Waals surface area (Å²) in [5.74, 6) is -0.205. The molecule has 5 nitrogen and oxygen atoms in total. The van der Waals surface area contributed by atoms with Gasteiger partial charge in [0.2, 0.25) is 0 Å². The van der Waals surface area contributed by atoms with Crippen LogP contribution in [0.4, 0.5) is 4.79 Å². The molecule has 2 fully saturated rings. The first-order chi connectivity index (χ1) is 10.2. The Hall–Kier alpha value is -1.26. The molecule has 0 aromatic carbocycles. The summed E-state index contributed by atoms with van der Waals surface area (Å²) in [5.41, 5.74) is -0.399. The predicted molar refractivity (Wildman–Crippen MR) is 83.7 cm³/mol. The second kappa shape index (κ2) is 6.47. The average molecular weight is 311 g/mol. The fourth-order valence-corrected chi connectivity index (χ4v) is 3.32. The van der Waals surface area contributed by atoms with Gasteiger partial charge in [-0.2, -0.15) is 0 Å². The number of ether oxygens (including phenoxy) is 1. The number of carbonyl (C=O) groups is 2. The SMILES string of the molecule is CC(C)(C)OC(=O)N1CCCC(CCC2(CC(=O)O)CC2)C1.